The van der Waals surface area contributed by atoms with E-state index in [9.17, 15) is 8.42 Å². The summed E-state index contributed by atoms with van der Waals surface area (Å²) < 4.78 is 32.4. The highest BCUT2D eigenvalue weighted by Crippen LogP contribution is 2.33. The SMILES string of the molecule is COc1ccc(C)cc1S(=O)(=O)N1CC(CN)CC1C.Cl. The van der Waals surface area contributed by atoms with Gasteiger partial charge in [-0.25, -0.2) is 8.42 Å². The molecule has 0 aliphatic carbocycles. The Morgan fingerprint density at radius 1 is 1.43 bits per heavy atom. The van der Waals surface area contributed by atoms with Crippen LogP contribution in [0.1, 0.15) is 18.9 Å². The normalized spacial score (nSPS) is 22.9. The molecule has 1 heterocycles. The molecule has 0 amide bonds. The van der Waals surface area contributed by atoms with Crippen LogP contribution in [0.5, 0.6) is 5.75 Å². The van der Waals surface area contributed by atoms with Crippen LogP contribution in [-0.2, 0) is 10.0 Å². The average molecular weight is 335 g/mol. The zero-order chi connectivity index (χ0) is 14.9. The van der Waals surface area contributed by atoms with Crippen LogP contribution in [0.25, 0.3) is 0 Å². The third-order valence-electron chi connectivity index (χ3n) is 3.84. The maximum atomic E-state index is 12.8. The molecule has 0 saturated carbocycles. The molecule has 120 valence electrons. The third-order valence-corrected chi connectivity index (χ3v) is 5.84. The number of nitrogens with zero attached hydrogens (tertiary/aromatic N) is 1. The Morgan fingerprint density at radius 3 is 2.62 bits per heavy atom. The van der Waals surface area contributed by atoms with Crippen molar-refractivity contribution in [3.63, 3.8) is 0 Å². The summed E-state index contributed by atoms with van der Waals surface area (Å²) in [6.45, 7) is 4.79. The van der Waals surface area contributed by atoms with Crippen molar-refractivity contribution in [2.45, 2.75) is 31.2 Å². The first-order chi connectivity index (χ1) is 9.40. The van der Waals surface area contributed by atoms with Crippen molar-refractivity contribution in [1.82, 2.24) is 4.31 Å². The maximum absolute atomic E-state index is 12.8. The van der Waals surface area contributed by atoms with Crippen molar-refractivity contribution in [3.8, 4) is 5.75 Å². The zero-order valence-corrected chi connectivity index (χ0v) is 14.2. The van der Waals surface area contributed by atoms with Crippen LogP contribution in [0.4, 0.5) is 0 Å². The molecule has 1 aromatic carbocycles. The molecule has 2 atom stereocenters. The lowest BCUT2D eigenvalue weighted by Gasteiger charge is -2.22. The lowest BCUT2D eigenvalue weighted by atomic mass is 10.1. The highest BCUT2D eigenvalue weighted by atomic mass is 35.5. The van der Waals surface area contributed by atoms with Crippen LogP contribution >= 0.6 is 12.4 Å². The number of methoxy groups -OCH3 is 1. The number of benzene rings is 1. The molecule has 21 heavy (non-hydrogen) atoms. The van der Waals surface area contributed by atoms with Gasteiger partial charge in [-0.15, -0.1) is 12.4 Å². The summed E-state index contributed by atoms with van der Waals surface area (Å²) in [5.41, 5.74) is 6.57. The van der Waals surface area contributed by atoms with Crippen molar-refractivity contribution in [3.05, 3.63) is 23.8 Å². The molecule has 7 heteroatoms. The van der Waals surface area contributed by atoms with Gasteiger partial charge in [0.25, 0.3) is 0 Å². The Balaban J connectivity index is 0.00000220. The molecule has 2 unspecified atom stereocenters. The first kappa shape index (κ1) is 18.2. The summed E-state index contributed by atoms with van der Waals surface area (Å²) in [7, 11) is -2.06. The van der Waals surface area contributed by atoms with E-state index in [0.717, 1.165) is 12.0 Å². The molecular weight excluding hydrogens is 312 g/mol. The highest BCUT2D eigenvalue weighted by molar-refractivity contribution is 7.89. The Bertz CT molecular complexity index is 592. The first-order valence-corrected chi connectivity index (χ1v) is 8.20. The number of nitrogens with two attached hydrogens (primary N) is 1. The second-order valence-corrected chi connectivity index (χ2v) is 7.27. The molecule has 1 aliphatic heterocycles. The fraction of sp³-hybridized carbons (Fsp3) is 0.571. The zero-order valence-electron chi connectivity index (χ0n) is 12.6. The second-order valence-electron chi connectivity index (χ2n) is 5.42. The molecule has 0 radical (unpaired) electrons. The number of hydrogen-bond acceptors (Lipinski definition) is 4. The van der Waals surface area contributed by atoms with E-state index in [1.807, 2.05) is 19.9 Å². The Hall–Kier alpha value is -0.820. The Labute approximate surface area is 132 Å². The topological polar surface area (TPSA) is 72.6 Å². The summed E-state index contributed by atoms with van der Waals surface area (Å²) in [6, 6.07) is 5.17. The minimum Gasteiger partial charge on any atom is -0.495 e. The largest absolute Gasteiger partial charge is 0.495 e. The predicted molar refractivity (Wildman–Crippen MR) is 85.5 cm³/mol. The second kappa shape index (κ2) is 6.96. The number of aryl methyl sites for hydroxylation is 1. The van der Waals surface area contributed by atoms with Gasteiger partial charge in [0.15, 0.2) is 0 Å². The van der Waals surface area contributed by atoms with Gasteiger partial charge < -0.3 is 10.5 Å². The van der Waals surface area contributed by atoms with Crippen LogP contribution in [0.15, 0.2) is 23.1 Å². The van der Waals surface area contributed by atoms with Crippen molar-refractivity contribution in [2.75, 3.05) is 20.2 Å². The molecule has 1 aliphatic rings. The lowest BCUT2D eigenvalue weighted by Crippen LogP contribution is -2.34. The molecule has 0 spiro atoms. The lowest BCUT2D eigenvalue weighted by molar-refractivity contribution is 0.385. The molecular formula is C14H23ClN2O3S. The number of sulfonamides is 1. The van der Waals surface area contributed by atoms with Crippen molar-refractivity contribution < 1.29 is 13.2 Å². The summed E-state index contributed by atoms with van der Waals surface area (Å²) in [4.78, 5) is 0.240. The standard InChI is InChI=1S/C14H22N2O3S.ClH/c1-10-4-5-13(19-3)14(6-10)20(17,18)16-9-12(8-15)7-11(16)2;/h4-6,11-12H,7-9,15H2,1-3H3;1H. The van der Waals surface area contributed by atoms with Crippen LogP contribution < -0.4 is 10.5 Å². The molecule has 1 saturated heterocycles. The highest BCUT2D eigenvalue weighted by Gasteiger charge is 2.38. The number of rotatable bonds is 4. The quantitative estimate of drug-likeness (QED) is 0.911. The summed E-state index contributed by atoms with van der Waals surface area (Å²) in [6.07, 6.45) is 0.809. The molecule has 2 rings (SSSR count). The van der Waals surface area contributed by atoms with Crippen molar-refractivity contribution in [2.24, 2.45) is 11.7 Å². The summed E-state index contributed by atoms with van der Waals surface area (Å²) in [5.74, 6) is 0.620. The number of ether oxygens (including phenoxy) is 1. The van der Waals surface area contributed by atoms with Crippen LogP contribution in [0.2, 0.25) is 0 Å². The van der Waals surface area contributed by atoms with Crippen molar-refractivity contribution in [1.29, 1.82) is 0 Å². The minimum absolute atomic E-state index is 0. The van der Waals surface area contributed by atoms with Gasteiger partial charge in [-0.2, -0.15) is 4.31 Å². The molecule has 1 aromatic rings. The summed E-state index contributed by atoms with van der Waals surface area (Å²) >= 11 is 0. The van der Waals surface area contributed by atoms with E-state index in [4.69, 9.17) is 10.5 Å². The molecule has 5 nitrogen and oxygen atoms in total. The van der Waals surface area contributed by atoms with E-state index in [1.54, 1.807) is 16.4 Å². The van der Waals surface area contributed by atoms with Gasteiger partial charge in [0.05, 0.1) is 7.11 Å². The van der Waals surface area contributed by atoms with Crippen LogP contribution in [-0.4, -0.2) is 39.0 Å². The van der Waals surface area contributed by atoms with E-state index in [0.29, 0.717) is 18.8 Å². The maximum Gasteiger partial charge on any atom is 0.247 e. The summed E-state index contributed by atoms with van der Waals surface area (Å²) in [5, 5.41) is 0. The van der Waals surface area contributed by atoms with E-state index >= 15 is 0 Å². The average Bonchev–Trinajstić information content (AvgIpc) is 2.80. The van der Waals surface area contributed by atoms with Gasteiger partial charge in [0.2, 0.25) is 10.0 Å². The van der Waals surface area contributed by atoms with E-state index in [-0.39, 0.29) is 29.3 Å². The predicted octanol–water partition coefficient (Wildman–Crippen LogP) is 1.78. The Kier molecular flexibility index (Phi) is 6.04. The van der Waals surface area contributed by atoms with E-state index in [2.05, 4.69) is 0 Å². The van der Waals surface area contributed by atoms with Gasteiger partial charge >= 0.3 is 0 Å². The first-order valence-electron chi connectivity index (χ1n) is 6.76. The molecule has 0 bridgehead atoms. The van der Waals surface area contributed by atoms with Gasteiger partial charge in [0, 0.05) is 12.6 Å². The van der Waals surface area contributed by atoms with Crippen LogP contribution in [0, 0.1) is 12.8 Å². The number of hydrogen-bond donors (Lipinski definition) is 1. The van der Waals surface area contributed by atoms with E-state index in [1.165, 1.54) is 7.11 Å². The fourth-order valence-corrected chi connectivity index (χ4v) is 4.69. The molecule has 2 N–H and O–H groups in total. The fourth-order valence-electron chi connectivity index (χ4n) is 2.73. The molecule has 0 aromatic heterocycles. The van der Waals surface area contributed by atoms with Crippen LogP contribution in [0.3, 0.4) is 0 Å². The third kappa shape index (κ3) is 3.51. The van der Waals surface area contributed by atoms with Gasteiger partial charge in [-0.3, -0.25) is 0 Å². The monoisotopic (exact) mass is 334 g/mol. The van der Waals surface area contributed by atoms with Gasteiger partial charge in [0.1, 0.15) is 10.6 Å². The van der Waals surface area contributed by atoms with Gasteiger partial charge in [-0.05, 0) is 50.4 Å². The smallest absolute Gasteiger partial charge is 0.247 e. The van der Waals surface area contributed by atoms with Crippen molar-refractivity contribution >= 4 is 22.4 Å². The molecule has 1 fully saturated rings. The van der Waals surface area contributed by atoms with Gasteiger partial charge in [-0.1, -0.05) is 6.07 Å². The Morgan fingerprint density at radius 2 is 2.10 bits per heavy atom. The minimum atomic E-state index is -3.54. The van der Waals surface area contributed by atoms with E-state index < -0.39 is 10.0 Å². The number of halogens is 1.